The number of aliphatic imine (C=N–C) groups is 1. The fraction of sp³-hybridized carbons (Fsp3) is 0.333. The Kier molecular flexibility index (Phi) is 10.4. The largest absolute Gasteiger partial charge is 0.468 e. The first kappa shape index (κ1) is 30.4. The molecule has 9 nitrogen and oxygen atoms in total. The van der Waals surface area contributed by atoms with E-state index in [-0.39, 0.29) is 25.3 Å². The van der Waals surface area contributed by atoms with Gasteiger partial charge in [0.2, 0.25) is 6.29 Å². The molecule has 0 radical (unpaired) electrons. The lowest BCUT2D eigenvalue weighted by Gasteiger charge is -2.40. The molecule has 1 aliphatic heterocycles. The van der Waals surface area contributed by atoms with Crippen molar-refractivity contribution in [2.75, 3.05) is 0 Å². The molecule has 0 N–H and O–H groups in total. The van der Waals surface area contributed by atoms with E-state index in [1.165, 1.54) is 17.0 Å². The van der Waals surface area contributed by atoms with Gasteiger partial charge in [-0.05, 0) is 48.6 Å². The van der Waals surface area contributed by atoms with Crippen molar-refractivity contribution in [2.45, 2.75) is 63.6 Å². The first-order chi connectivity index (χ1) is 20.2. The molecule has 1 amide bonds. The van der Waals surface area contributed by atoms with Gasteiger partial charge in [-0.1, -0.05) is 84.0 Å². The van der Waals surface area contributed by atoms with Crippen LogP contribution in [0.1, 0.15) is 30.9 Å². The van der Waals surface area contributed by atoms with Gasteiger partial charge in [-0.3, -0.25) is 4.90 Å². The Hall–Kier alpha value is -4.54. The Morgan fingerprint density at radius 1 is 1.00 bits per heavy atom. The van der Waals surface area contributed by atoms with Crippen molar-refractivity contribution in [3.05, 3.63) is 113 Å². The summed E-state index contributed by atoms with van der Waals surface area (Å²) in [6, 6.07) is 24.2. The Balaban J connectivity index is 1.56. The number of carbonyl (C=O) groups is 1. The second-order valence-electron chi connectivity index (χ2n) is 9.65. The summed E-state index contributed by atoms with van der Waals surface area (Å²) >= 11 is 0. The predicted molar refractivity (Wildman–Crippen MR) is 150 cm³/mol. The van der Waals surface area contributed by atoms with Crippen molar-refractivity contribution in [1.82, 2.24) is 4.90 Å². The van der Waals surface area contributed by atoms with Crippen LogP contribution in [-0.2, 0) is 27.4 Å². The molecule has 0 bridgehead atoms. The Bertz CT molecular complexity index is 1370. The van der Waals surface area contributed by atoms with Gasteiger partial charge in [0.15, 0.2) is 0 Å². The second-order valence-corrected chi connectivity index (χ2v) is 9.65. The highest BCUT2D eigenvalue weighted by Crippen LogP contribution is 2.31. The molecule has 3 aromatic rings. The Morgan fingerprint density at radius 3 is 2.19 bits per heavy atom. The van der Waals surface area contributed by atoms with E-state index in [1.807, 2.05) is 60.7 Å². The third-order valence-corrected chi connectivity index (χ3v) is 6.69. The highest BCUT2D eigenvalue weighted by Gasteiger charge is 2.44. The van der Waals surface area contributed by atoms with E-state index in [9.17, 15) is 18.0 Å². The van der Waals surface area contributed by atoms with E-state index < -0.39 is 42.6 Å². The number of para-hydroxylation sites is 1. The maximum atomic E-state index is 13.9. The number of carbonyl (C=O) groups excluding carboxylic acids is 1. The van der Waals surface area contributed by atoms with Crippen molar-refractivity contribution in [2.24, 2.45) is 10.1 Å². The van der Waals surface area contributed by atoms with Gasteiger partial charge in [0.1, 0.15) is 6.61 Å². The maximum Gasteiger partial charge on any atom is 0.468 e. The van der Waals surface area contributed by atoms with Crippen LogP contribution in [0.5, 0.6) is 0 Å². The lowest BCUT2D eigenvalue weighted by Crippen LogP contribution is -2.52. The van der Waals surface area contributed by atoms with Crippen LogP contribution in [0.3, 0.4) is 0 Å². The molecule has 3 aromatic carbocycles. The number of halogens is 3. The molecule has 1 saturated heterocycles. The number of amides is 1. The number of nitrogens with zero attached hydrogens (tertiary/aromatic N) is 5. The van der Waals surface area contributed by atoms with E-state index >= 15 is 0 Å². The quantitative estimate of drug-likeness (QED) is 0.0848. The molecule has 0 saturated carbocycles. The van der Waals surface area contributed by atoms with Gasteiger partial charge >= 0.3 is 12.3 Å². The smallest absolute Gasteiger partial charge is 0.445 e. The number of alkyl halides is 3. The van der Waals surface area contributed by atoms with Crippen molar-refractivity contribution >= 4 is 17.7 Å². The third kappa shape index (κ3) is 8.48. The second kappa shape index (κ2) is 14.4. The Labute approximate surface area is 241 Å². The summed E-state index contributed by atoms with van der Waals surface area (Å²) in [4.78, 5) is 21.2. The van der Waals surface area contributed by atoms with Gasteiger partial charge in [0, 0.05) is 11.5 Å². The Morgan fingerprint density at radius 2 is 1.60 bits per heavy atom. The van der Waals surface area contributed by atoms with Gasteiger partial charge < -0.3 is 14.2 Å². The van der Waals surface area contributed by atoms with Crippen molar-refractivity contribution in [1.29, 1.82) is 0 Å². The van der Waals surface area contributed by atoms with Gasteiger partial charge in [-0.25, -0.2) is 9.79 Å². The van der Waals surface area contributed by atoms with Crippen LogP contribution in [0.4, 0.5) is 23.7 Å². The minimum atomic E-state index is -4.95. The minimum Gasteiger partial charge on any atom is -0.445 e. The third-order valence-electron chi connectivity index (χ3n) is 6.69. The van der Waals surface area contributed by atoms with E-state index in [1.54, 1.807) is 25.1 Å². The highest BCUT2D eigenvalue weighted by molar-refractivity contribution is 5.84. The molecule has 4 rings (SSSR count). The zero-order valence-corrected chi connectivity index (χ0v) is 22.8. The molecule has 42 heavy (non-hydrogen) atoms. The number of hydrogen-bond donors (Lipinski definition) is 0. The maximum absolute atomic E-state index is 13.9. The molecule has 12 heteroatoms. The zero-order valence-electron chi connectivity index (χ0n) is 22.8. The van der Waals surface area contributed by atoms with Crippen LogP contribution in [0.2, 0.25) is 0 Å². The first-order valence-corrected chi connectivity index (χ1v) is 13.3. The molecule has 220 valence electrons. The number of rotatable bonds is 9. The van der Waals surface area contributed by atoms with E-state index in [0.29, 0.717) is 6.42 Å². The fourth-order valence-corrected chi connectivity index (χ4v) is 4.49. The number of ether oxygens (including phenoxy) is 3. The van der Waals surface area contributed by atoms with E-state index in [4.69, 9.17) is 19.7 Å². The summed E-state index contributed by atoms with van der Waals surface area (Å²) in [7, 11) is 0. The van der Waals surface area contributed by atoms with Crippen LogP contribution >= 0.6 is 0 Å². The van der Waals surface area contributed by atoms with Crippen molar-refractivity contribution < 1.29 is 32.2 Å². The van der Waals surface area contributed by atoms with Crippen LogP contribution in [0.15, 0.2) is 101 Å². The van der Waals surface area contributed by atoms with Gasteiger partial charge in [-0.2, -0.15) is 13.2 Å². The lowest BCUT2D eigenvalue weighted by atomic mass is 9.98. The minimum absolute atomic E-state index is 0.0288. The summed E-state index contributed by atoms with van der Waals surface area (Å²) in [5.41, 5.74) is 10.7. The molecule has 0 aliphatic carbocycles. The molecule has 1 aliphatic rings. The van der Waals surface area contributed by atoms with Crippen molar-refractivity contribution in [3.63, 3.8) is 0 Å². The molecule has 4 atom stereocenters. The average molecular weight is 582 g/mol. The number of hydrogen-bond acceptors (Lipinski definition) is 6. The van der Waals surface area contributed by atoms with E-state index in [0.717, 1.165) is 11.1 Å². The standard InChI is InChI=1S/C30H30F3N5O4/c1-21(38(19-22-11-5-2-6-12-22)29(39)40-20-23-13-7-3-8-14-23)26-18-17-25(36-37-34)27(41-26)42-28(30(31,32)33)35-24-15-9-4-10-16-24/h2-16,21,25-27H,17-20H2,1H3/b35-28+/t21-,25-,26+,27?/m1/s1. The molecular formula is C30H30F3N5O4. The summed E-state index contributed by atoms with van der Waals surface area (Å²) in [5, 5.41) is 3.61. The van der Waals surface area contributed by atoms with E-state index in [2.05, 4.69) is 15.0 Å². The number of azide groups is 1. The molecule has 0 aromatic heterocycles. The van der Waals surface area contributed by atoms with Crippen LogP contribution in [-0.4, -0.2) is 47.5 Å². The topological polar surface area (TPSA) is 109 Å². The van der Waals surface area contributed by atoms with Gasteiger partial charge in [0.25, 0.3) is 5.90 Å². The summed E-state index contributed by atoms with van der Waals surface area (Å²) < 4.78 is 58.7. The monoisotopic (exact) mass is 581 g/mol. The molecule has 1 heterocycles. The first-order valence-electron chi connectivity index (χ1n) is 13.3. The van der Waals surface area contributed by atoms with Crippen LogP contribution in [0, 0.1) is 0 Å². The lowest BCUT2D eigenvalue weighted by molar-refractivity contribution is -0.193. The summed E-state index contributed by atoms with van der Waals surface area (Å²) in [6.07, 6.45) is -7.46. The molecule has 1 fully saturated rings. The van der Waals surface area contributed by atoms with Crippen LogP contribution < -0.4 is 0 Å². The SMILES string of the molecule is C[C@H]([C@@H]1CC[C@@H](N=[N+]=[N-])C(O/C(=N/c2ccccc2)C(F)(F)F)O1)N(Cc1ccccc1)C(=O)OCc1ccccc1. The normalized spacial score (nSPS) is 19.7. The molecule has 1 unspecified atom stereocenters. The number of benzene rings is 3. The zero-order chi connectivity index (χ0) is 30.0. The highest BCUT2D eigenvalue weighted by atomic mass is 19.4. The van der Waals surface area contributed by atoms with Gasteiger partial charge in [0.05, 0.1) is 23.9 Å². The summed E-state index contributed by atoms with van der Waals surface area (Å²) in [5.74, 6) is -1.53. The fourth-order valence-electron chi connectivity index (χ4n) is 4.49. The van der Waals surface area contributed by atoms with Gasteiger partial charge in [-0.15, -0.1) is 0 Å². The molecule has 0 spiro atoms. The average Bonchev–Trinajstić information content (AvgIpc) is 3.00. The molecular weight excluding hydrogens is 551 g/mol. The van der Waals surface area contributed by atoms with Crippen molar-refractivity contribution in [3.8, 4) is 0 Å². The summed E-state index contributed by atoms with van der Waals surface area (Å²) in [6.45, 7) is 1.94. The predicted octanol–water partition coefficient (Wildman–Crippen LogP) is 7.71. The van der Waals surface area contributed by atoms with Crippen LogP contribution in [0.25, 0.3) is 10.4 Å².